The first kappa shape index (κ1) is 18.6. The molecule has 1 spiro atoms. The molecule has 0 aliphatic carbocycles. The molecule has 8 nitrogen and oxygen atoms in total. The number of benzene rings is 1. The predicted molar refractivity (Wildman–Crippen MR) is 122 cm³/mol. The van der Waals surface area contributed by atoms with Gasteiger partial charge in [-0.25, -0.2) is 4.98 Å². The second-order valence-electron chi connectivity index (χ2n) is 8.94. The Morgan fingerprint density at radius 2 is 2.03 bits per heavy atom. The van der Waals surface area contributed by atoms with Crippen molar-refractivity contribution in [3.05, 3.63) is 36.7 Å². The van der Waals surface area contributed by atoms with Crippen molar-refractivity contribution >= 4 is 39.5 Å². The zero-order valence-corrected chi connectivity index (χ0v) is 17.8. The van der Waals surface area contributed by atoms with Gasteiger partial charge in [0.1, 0.15) is 5.52 Å². The minimum absolute atomic E-state index is 0.449. The maximum atomic E-state index is 5.79. The molecule has 0 bridgehead atoms. The Hall–Kier alpha value is -3.13. The van der Waals surface area contributed by atoms with Crippen LogP contribution in [0, 0.1) is 5.41 Å². The van der Waals surface area contributed by atoms with E-state index in [1.54, 1.807) is 6.26 Å². The average molecular weight is 418 g/mol. The van der Waals surface area contributed by atoms with Crippen molar-refractivity contribution in [2.75, 3.05) is 36.4 Å². The molecule has 2 N–H and O–H groups in total. The quantitative estimate of drug-likeness (QED) is 0.524. The van der Waals surface area contributed by atoms with Gasteiger partial charge in [-0.15, -0.1) is 0 Å². The molecule has 1 aromatic carbocycles. The second kappa shape index (κ2) is 7.23. The summed E-state index contributed by atoms with van der Waals surface area (Å²) < 4.78 is 7.66. The first-order valence-electron chi connectivity index (χ1n) is 11.1. The summed E-state index contributed by atoms with van der Waals surface area (Å²) in [5, 5.41) is 12.4. The number of aromatic nitrogens is 4. The SMILES string of the molecule is Cn1ncc2cc(Nc3nc(N4CCC5(CCCNC5)CC4)c4occc4n3)ccc21. The molecule has 160 valence electrons. The van der Waals surface area contributed by atoms with Gasteiger partial charge in [-0.3, -0.25) is 4.68 Å². The van der Waals surface area contributed by atoms with Crippen molar-refractivity contribution in [2.45, 2.75) is 25.7 Å². The standard InChI is InChI=1S/C23H27N7O/c1-29-19-4-3-17(13-16(19)14-25-29)26-22-27-18-5-12-31-20(18)21(28-22)30-10-7-23(8-11-30)6-2-9-24-15-23/h3-5,12-14,24H,2,6-11,15H2,1H3,(H,26,27,28). The van der Waals surface area contributed by atoms with Crippen LogP contribution in [0.2, 0.25) is 0 Å². The van der Waals surface area contributed by atoms with E-state index in [-0.39, 0.29) is 0 Å². The zero-order valence-electron chi connectivity index (χ0n) is 17.8. The van der Waals surface area contributed by atoms with E-state index in [4.69, 9.17) is 9.40 Å². The highest BCUT2D eigenvalue weighted by Crippen LogP contribution is 2.39. The molecule has 2 aliphatic heterocycles. The molecule has 31 heavy (non-hydrogen) atoms. The van der Waals surface area contributed by atoms with E-state index in [1.165, 1.54) is 25.7 Å². The number of piperidine rings is 2. The topological polar surface area (TPSA) is 84.0 Å². The van der Waals surface area contributed by atoms with E-state index >= 15 is 0 Å². The number of fused-ring (bicyclic) bond motifs is 2. The van der Waals surface area contributed by atoms with Gasteiger partial charge in [-0.2, -0.15) is 10.1 Å². The third kappa shape index (κ3) is 3.31. The Bertz CT molecular complexity index is 1230. The summed E-state index contributed by atoms with van der Waals surface area (Å²) in [4.78, 5) is 11.9. The monoisotopic (exact) mass is 417 g/mol. The van der Waals surface area contributed by atoms with Crippen LogP contribution in [0.5, 0.6) is 0 Å². The van der Waals surface area contributed by atoms with E-state index < -0.39 is 0 Å². The van der Waals surface area contributed by atoms with Crippen molar-refractivity contribution in [3.8, 4) is 0 Å². The lowest BCUT2D eigenvalue weighted by molar-refractivity contribution is 0.161. The van der Waals surface area contributed by atoms with Crippen LogP contribution in [0.25, 0.3) is 22.0 Å². The van der Waals surface area contributed by atoms with Crippen LogP contribution in [0.3, 0.4) is 0 Å². The summed E-state index contributed by atoms with van der Waals surface area (Å²) in [6.45, 7) is 4.29. The Kier molecular flexibility index (Phi) is 4.34. The average Bonchev–Trinajstić information content (AvgIpc) is 3.41. The number of rotatable bonds is 3. The molecule has 0 radical (unpaired) electrons. The highest BCUT2D eigenvalue weighted by Gasteiger charge is 2.36. The maximum absolute atomic E-state index is 5.79. The van der Waals surface area contributed by atoms with E-state index in [1.807, 2.05) is 30.1 Å². The van der Waals surface area contributed by atoms with Crippen LogP contribution in [-0.2, 0) is 7.05 Å². The Labute approximate surface area is 180 Å². The summed E-state index contributed by atoms with van der Waals surface area (Å²) in [5.41, 5.74) is 4.09. The van der Waals surface area contributed by atoms with E-state index in [2.05, 4.69) is 37.7 Å². The fraction of sp³-hybridized carbons (Fsp3) is 0.435. The summed E-state index contributed by atoms with van der Waals surface area (Å²) in [7, 11) is 1.95. The van der Waals surface area contributed by atoms with Gasteiger partial charge in [-0.05, 0) is 55.8 Å². The van der Waals surface area contributed by atoms with Gasteiger partial charge in [-0.1, -0.05) is 0 Å². The second-order valence-corrected chi connectivity index (χ2v) is 8.94. The van der Waals surface area contributed by atoms with Gasteiger partial charge in [0, 0.05) is 43.8 Å². The molecule has 5 heterocycles. The maximum Gasteiger partial charge on any atom is 0.229 e. The van der Waals surface area contributed by atoms with E-state index in [0.29, 0.717) is 11.4 Å². The molecular weight excluding hydrogens is 390 g/mol. The number of nitrogens with zero attached hydrogens (tertiary/aromatic N) is 5. The molecule has 0 atom stereocenters. The summed E-state index contributed by atoms with van der Waals surface area (Å²) in [6, 6.07) is 8.08. The van der Waals surface area contributed by atoms with Crippen molar-refractivity contribution in [1.82, 2.24) is 25.1 Å². The smallest absolute Gasteiger partial charge is 0.229 e. The molecule has 2 saturated heterocycles. The number of hydrogen-bond acceptors (Lipinski definition) is 7. The summed E-state index contributed by atoms with van der Waals surface area (Å²) >= 11 is 0. The first-order valence-corrected chi connectivity index (χ1v) is 11.1. The first-order chi connectivity index (χ1) is 15.2. The van der Waals surface area contributed by atoms with Crippen LogP contribution in [0.15, 0.2) is 41.1 Å². The van der Waals surface area contributed by atoms with Gasteiger partial charge in [0.2, 0.25) is 5.95 Å². The normalized spacial score (nSPS) is 18.8. The molecule has 0 saturated carbocycles. The lowest BCUT2D eigenvalue weighted by Crippen LogP contribution is -2.48. The molecule has 3 aromatic heterocycles. The van der Waals surface area contributed by atoms with E-state index in [0.717, 1.165) is 59.7 Å². The van der Waals surface area contributed by atoms with Crippen molar-refractivity contribution in [2.24, 2.45) is 12.5 Å². The molecule has 0 unspecified atom stereocenters. The molecule has 0 amide bonds. The zero-order chi connectivity index (χ0) is 20.8. The van der Waals surface area contributed by atoms with Crippen LogP contribution < -0.4 is 15.5 Å². The third-order valence-electron chi connectivity index (χ3n) is 6.97. The van der Waals surface area contributed by atoms with Crippen LogP contribution in [0.4, 0.5) is 17.5 Å². The minimum atomic E-state index is 0.449. The summed E-state index contributed by atoms with van der Waals surface area (Å²) in [5.74, 6) is 1.48. The van der Waals surface area contributed by atoms with Crippen LogP contribution in [0.1, 0.15) is 25.7 Å². The Balaban J connectivity index is 1.29. The molecule has 8 heteroatoms. The van der Waals surface area contributed by atoms with Gasteiger partial charge in [0.05, 0.1) is 18.0 Å². The Morgan fingerprint density at radius 3 is 2.87 bits per heavy atom. The number of anilines is 3. The van der Waals surface area contributed by atoms with Crippen LogP contribution in [-0.4, -0.2) is 45.9 Å². The molecule has 2 fully saturated rings. The van der Waals surface area contributed by atoms with Crippen molar-refractivity contribution in [3.63, 3.8) is 0 Å². The van der Waals surface area contributed by atoms with Gasteiger partial charge in [0.25, 0.3) is 0 Å². The molecular formula is C23H27N7O. The number of furan rings is 1. The predicted octanol–water partition coefficient (Wildman–Crippen LogP) is 3.82. The largest absolute Gasteiger partial charge is 0.459 e. The molecule has 4 aromatic rings. The van der Waals surface area contributed by atoms with Crippen LogP contribution >= 0.6 is 0 Å². The minimum Gasteiger partial charge on any atom is -0.459 e. The van der Waals surface area contributed by atoms with E-state index in [9.17, 15) is 0 Å². The van der Waals surface area contributed by atoms with Crippen molar-refractivity contribution in [1.29, 1.82) is 0 Å². The third-order valence-corrected chi connectivity index (χ3v) is 6.97. The fourth-order valence-electron chi connectivity index (χ4n) is 5.14. The highest BCUT2D eigenvalue weighted by molar-refractivity contribution is 5.87. The Morgan fingerprint density at radius 1 is 1.13 bits per heavy atom. The number of hydrogen-bond donors (Lipinski definition) is 2. The fourth-order valence-corrected chi connectivity index (χ4v) is 5.14. The lowest BCUT2D eigenvalue weighted by atomic mass is 9.73. The molecule has 6 rings (SSSR count). The van der Waals surface area contributed by atoms with Crippen molar-refractivity contribution < 1.29 is 4.42 Å². The van der Waals surface area contributed by atoms with Gasteiger partial charge in [0.15, 0.2) is 11.4 Å². The molecule has 2 aliphatic rings. The van der Waals surface area contributed by atoms with Gasteiger partial charge < -0.3 is 20.0 Å². The van der Waals surface area contributed by atoms with Gasteiger partial charge >= 0.3 is 0 Å². The highest BCUT2D eigenvalue weighted by atomic mass is 16.3. The lowest BCUT2D eigenvalue weighted by Gasteiger charge is -2.44. The summed E-state index contributed by atoms with van der Waals surface area (Å²) in [6.07, 6.45) is 8.56. The number of nitrogens with one attached hydrogen (secondary N) is 2. The number of aryl methyl sites for hydroxylation is 1.